The second kappa shape index (κ2) is 7.22. The topological polar surface area (TPSA) is 69.6 Å². The van der Waals surface area contributed by atoms with Gasteiger partial charge in [-0.1, -0.05) is 12.8 Å². The number of carboxylic acids is 1. The first-order chi connectivity index (χ1) is 7.68. The zero-order valence-corrected chi connectivity index (χ0v) is 9.57. The highest BCUT2D eigenvalue weighted by atomic mass is 16.4. The zero-order chi connectivity index (χ0) is 11.8. The molecule has 1 fully saturated rings. The molecule has 1 rings (SSSR count). The summed E-state index contributed by atoms with van der Waals surface area (Å²) >= 11 is 0. The minimum Gasteiger partial charge on any atom is -0.480 e. The van der Waals surface area contributed by atoms with Gasteiger partial charge in [-0.15, -0.1) is 0 Å². The molecule has 1 aliphatic heterocycles. The van der Waals surface area contributed by atoms with E-state index in [1.54, 1.807) is 0 Å². The van der Waals surface area contributed by atoms with Crippen molar-refractivity contribution in [2.24, 2.45) is 0 Å². The highest BCUT2D eigenvalue weighted by Gasteiger charge is 2.11. The maximum Gasteiger partial charge on any atom is 0.322 e. The van der Waals surface area contributed by atoms with Gasteiger partial charge in [0, 0.05) is 13.0 Å². The van der Waals surface area contributed by atoms with E-state index in [4.69, 9.17) is 5.11 Å². The van der Waals surface area contributed by atoms with Crippen molar-refractivity contribution >= 4 is 11.9 Å². The lowest BCUT2D eigenvalue weighted by Gasteiger charge is -2.18. The zero-order valence-electron chi connectivity index (χ0n) is 9.57. The fourth-order valence-corrected chi connectivity index (χ4v) is 1.88. The van der Waals surface area contributed by atoms with Crippen LogP contribution in [0.3, 0.4) is 0 Å². The van der Waals surface area contributed by atoms with Gasteiger partial charge in [0.1, 0.15) is 6.54 Å². The van der Waals surface area contributed by atoms with Gasteiger partial charge in [-0.2, -0.15) is 0 Å². The Bertz CT molecular complexity index is 235. The highest BCUT2D eigenvalue weighted by molar-refractivity contribution is 5.81. The first-order valence-corrected chi connectivity index (χ1v) is 5.89. The standard InChI is InChI=1S/C11H20N2O3/c14-10(12-9-11(15)16)5-8-13-6-3-1-2-4-7-13/h1-9H2,(H,12,14)(H,15,16). The van der Waals surface area contributed by atoms with Gasteiger partial charge in [0.05, 0.1) is 0 Å². The average Bonchev–Trinajstić information content (AvgIpc) is 2.51. The molecule has 0 spiro atoms. The van der Waals surface area contributed by atoms with Crippen LogP contribution in [-0.4, -0.2) is 48.1 Å². The Kier molecular flexibility index (Phi) is 5.85. The summed E-state index contributed by atoms with van der Waals surface area (Å²) in [6, 6.07) is 0. The number of rotatable bonds is 5. The molecule has 0 aromatic heterocycles. The van der Waals surface area contributed by atoms with Crippen LogP contribution in [0.15, 0.2) is 0 Å². The fraction of sp³-hybridized carbons (Fsp3) is 0.818. The van der Waals surface area contributed by atoms with E-state index in [1.807, 2.05) is 0 Å². The average molecular weight is 228 g/mol. The summed E-state index contributed by atoms with van der Waals surface area (Å²) in [6.45, 7) is 2.59. The molecular weight excluding hydrogens is 208 g/mol. The Labute approximate surface area is 95.8 Å². The van der Waals surface area contributed by atoms with Crippen LogP contribution >= 0.6 is 0 Å². The minimum absolute atomic E-state index is 0.174. The number of hydrogen-bond acceptors (Lipinski definition) is 3. The molecule has 16 heavy (non-hydrogen) atoms. The third kappa shape index (κ3) is 5.70. The molecule has 0 radical (unpaired) electrons. The Morgan fingerprint density at radius 2 is 1.75 bits per heavy atom. The van der Waals surface area contributed by atoms with E-state index < -0.39 is 5.97 Å². The maximum atomic E-state index is 11.3. The van der Waals surface area contributed by atoms with Crippen LogP contribution in [0.4, 0.5) is 0 Å². The van der Waals surface area contributed by atoms with Crippen LogP contribution in [0.25, 0.3) is 0 Å². The maximum absolute atomic E-state index is 11.3. The van der Waals surface area contributed by atoms with E-state index in [1.165, 1.54) is 25.7 Å². The summed E-state index contributed by atoms with van der Waals surface area (Å²) in [4.78, 5) is 23.8. The molecule has 1 aliphatic rings. The molecule has 0 aliphatic carbocycles. The van der Waals surface area contributed by atoms with E-state index in [2.05, 4.69) is 10.2 Å². The molecule has 1 heterocycles. The van der Waals surface area contributed by atoms with Gasteiger partial charge >= 0.3 is 5.97 Å². The number of carbonyl (C=O) groups is 2. The Morgan fingerprint density at radius 3 is 2.31 bits per heavy atom. The van der Waals surface area contributed by atoms with Crippen LogP contribution < -0.4 is 5.32 Å². The normalized spacial score (nSPS) is 17.8. The molecule has 0 atom stereocenters. The molecule has 0 aromatic rings. The summed E-state index contributed by atoms with van der Waals surface area (Å²) in [5, 5.41) is 10.8. The van der Waals surface area contributed by atoms with E-state index in [-0.39, 0.29) is 12.5 Å². The van der Waals surface area contributed by atoms with Crippen molar-refractivity contribution in [1.82, 2.24) is 10.2 Å². The monoisotopic (exact) mass is 228 g/mol. The summed E-state index contributed by atoms with van der Waals surface area (Å²) in [7, 11) is 0. The number of likely N-dealkylation sites (tertiary alicyclic amines) is 1. The summed E-state index contributed by atoms with van der Waals surface area (Å²) in [6.07, 6.45) is 5.37. The molecule has 0 bridgehead atoms. The van der Waals surface area contributed by atoms with Gasteiger partial charge < -0.3 is 15.3 Å². The number of carbonyl (C=O) groups excluding carboxylic acids is 1. The second-order valence-electron chi connectivity index (χ2n) is 4.18. The summed E-state index contributed by atoms with van der Waals surface area (Å²) < 4.78 is 0. The molecule has 5 heteroatoms. The largest absolute Gasteiger partial charge is 0.480 e. The van der Waals surface area contributed by atoms with Crippen molar-refractivity contribution in [1.29, 1.82) is 0 Å². The third-order valence-corrected chi connectivity index (χ3v) is 2.79. The Hall–Kier alpha value is -1.10. The number of hydrogen-bond donors (Lipinski definition) is 2. The van der Waals surface area contributed by atoms with Crippen LogP contribution in [-0.2, 0) is 9.59 Å². The molecule has 0 saturated carbocycles. The van der Waals surface area contributed by atoms with Gasteiger partial charge in [0.2, 0.25) is 5.91 Å². The number of carboxylic acid groups (broad SMARTS) is 1. The SMILES string of the molecule is O=C(O)CNC(=O)CCN1CCCCCC1. The smallest absolute Gasteiger partial charge is 0.322 e. The van der Waals surface area contributed by atoms with Gasteiger partial charge in [-0.05, 0) is 25.9 Å². The predicted molar refractivity (Wildman–Crippen MR) is 60.2 cm³/mol. The van der Waals surface area contributed by atoms with Crippen molar-refractivity contribution in [2.75, 3.05) is 26.2 Å². The van der Waals surface area contributed by atoms with E-state index in [0.717, 1.165) is 19.6 Å². The fourth-order valence-electron chi connectivity index (χ4n) is 1.88. The molecule has 0 aromatic carbocycles. The lowest BCUT2D eigenvalue weighted by atomic mass is 10.2. The number of aliphatic carboxylic acids is 1. The number of nitrogens with zero attached hydrogens (tertiary/aromatic N) is 1. The van der Waals surface area contributed by atoms with E-state index >= 15 is 0 Å². The molecule has 1 amide bonds. The van der Waals surface area contributed by atoms with Crippen molar-refractivity contribution in [2.45, 2.75) is 32.1 Å². The van der Waals surface area contributed by atoms with E-state index in [9.17, 15) is 9.59 Å². The molecule has 2 N–H and O–H groups in total. The van der Waals surface area contributed by atoms with Crippen molar-refractivity contribution in [3.63, 3.8) is 0 Å². The first-order valence-electron chi connectivity index (χ1n) is 5.89. The lowest BCUT2D eigenvalue weighted by Crippen LogP contribution is -2.33. The van der Waals surface area contributed by atoms with Crippen LogP contribution in [0, 0.1) is 0 Å². The van der Waals surface area contributed by atoms with Gasteiger partial charge in [0.15, 0.2) is 0 Å². The molecule has 1 saturated heterocycles. The predicted octanol–water partition coefficient (Wildman–Crippen LogP) is 0.453. The van der Waals surface area contributed by atoms with E-state index in [0.29, 0.717) is 6.42 Å². The third-order valence-electron chi connectivity index (χ3n) is 2.79. The van der Waals surface area contributed by atoms with Crippen LogP contribution in [0.1, 0.15) is 32.1 Å². The first kappa shape index (κ1) is 13.0. The molecular formula is C11H20N2O3. The van der Waals surface area contributed by atoms with Crippen LogP contribution in [0.5, 0.6) is 0 Å². The lowest BCUT2D eigenvalue weighted by molar-refractivity contribution is -0.138. The molecule has 5 nitrogen and oxygen atoms in total. The van der Waals surface area contributed by atoms with Crippen molar-refractivity contribution in [3.05, 3.63) is 0 Å². The molecule has 0 unspecified atom stereocenters. The van der Waals surface area contributed by atoms with Gasteiger partial charge in [-0.3, -0.25) is 9.59 Å². The minimum atomic E-state index is -0.997. The van der Waals surface area contributed by atoms with Crippen molar-refractivity contribution < 1.29 is 14.7 Å². The van der Waals surface area contributed by atoms with Gasteiger partial charge in [-0.25, -0.2) is 0 Å². The van der Waals surface area contributed by atoms with Crippen LogP contribution in [0.2, 0.25) is 0 Å². The van der Waals surface area contributed by atoms with Crippen molar-refractivity contribution in [3.8, 4) is 0 Å². The number of amides is 1. The second-order valence-corrected chi connectivity index (χ2v) is 4.18. The van der Waals surface area contributed by atoms with Gasteiger partial charge in [0.25, 0.3) is 0 Å². The summed E-state index contributed by atoms with van der Waals surface area (Å²) in [5.74, 6) is -1.17. The molecule has 92 valence electrons. The number of nitrogens with one attached hydrogen (secondary N) is 1. The highest BCUT2D eigenvalue weighted by Crippen LogP contribution is 2.09. The summed E-state index contributed by atoms with van der Waals surface area (Å²) in [5.41, 5.74) is 0. The Balaban J connectivity index is 2.12. The quantitative estimate of drug-likeness (QED) is 0.717. The Morgan fingerprint density at radius 1 is 1.12 bits per heavy atom.